The number of esters is 1. The van der Waals surface area contributed by atoms with E-state index >= 15 is 0 Å². The zero-order chi connectivity index (χ0) is 16.8. The number of hydrogen-bond acceptors (Lipinski definition) is 6. The third kappa shape index (κ3) is 4.20. The second-order valence-electron chi connectivity index (χ2n) is 4.42. The molecule has 0 spiro atoms. The first-order chi connectivity index (χ1) is 11.1. The highest BCUT2D eigenvalue weighted by molar-refractivity contribution is 7.73. The number of carbonyl (C=O) groups excluding carboxylic acids is 1. The Morgan fingerprint density at radius 3 is 2.78 bits per heavy atom. The van der Waals surface area contributed by atoms with Gasteiger partial charge < -0.3 is 19.2 Å². The van der Waals surface area contributed by atoms with E-state index in [1.165, 1.54) is 17.4 Å². The topological polar surface area (TPSA) is 60.6 Å². The molecule has 0 amide bonds. The number of benzene rings is 1. The van der Waals surface area contributed by atoms with E-state index in [0.29, 0.717) is 27.4 Å². The van der Waals surface area contributed by atoms with Gasteiger partial charge in [-0.2, -0.15) is 0 Å². The smallest absolute Gasteiger partial charge is 0.332 e. The Balaban J connectivity index is 2.62. The van der Waals surface area contributed by atoms with Gasteiger partial charge in [-0.3, -0.25) is 0 Å². The maximum atomic E-state index is 11.7. The monoisotopic (exact) mass is 351 g/mol. The number of para-hydroxylation sites is 1. The van der Waals surface area contributed by atoms with Crippen molar-refractivity contribution < 1.29 is 19.0 Å². The van der Waals surface area contributed by atoms with E-state index < -0.39 is 5.97 Å². The molecule has 5 nitrogen and oxygen atoms in total. The second-order valence-corrected chi connectivity index (χ2v) is 6.13. The molecule has 0 aliphatic carbocycles. The van der Waals surface area contributed by atoms with Crippen LogP contribution in [0.3, 0.4) is 0 Å². The molecule has 0 aliphatic heterocycles. The quantitative estimate of drug-likeness (QED) is 0.659. The lowest BCUT2D eigenvalue weighted by Gasteiger charge is -2.09. The summed E-state index contributed by atoms with van der Waals surface area (Å²) in [5, 5.41) is 0.614. The van der Waals surface area contributed by atoms with Gasteiger partial charge in [-0.25, -0.2) is 4.79 Å². The summed E-state index contributed by atoms with van der Waals surface area (Å²) >= 11 is 6.55. The third-order valence-electron chi connectivity index (χ3n) is 2.97. The number of methoxy groups -OCH3 is 2. The van der Waals surface area contributed by atoms with Gasteiger partial charge in [0, 0.05) is 11.6 Å². The third-order valence-corrected chi connectivity index (χ3v) is 4.17. The zero-order valence-corrected chi connectivity index (χ0v) is 14.7. The molecule has 2 rings (SSSR count). The molecular formula is C16H17NO4S2. The van der Waals surface area contributed by atoms with E-state index in [1.54, 1.807) is 21.1 Å². The Morgan fingerprint density at radius 2 is 2.13 bits per heavy atom. The largest absolute Gasteiger partial charge is 0.493 e. The van der Waals surface area contributed by atoms with Crippen LogP contribution in [0.25, 0.3) is 12.2 Å². The normalized spacial score (nSPS) is 12.3. The number of carbonyl (C=O) groups is 1. The van der Waals surface area contributed by atoms with Crippen LogP contribution in [0.15, 0.2) is 18.2 Å². The average molecular weight is 351 g/mol. The maximum Gasteiger partial charge on any atom is 0.332 e. The summed E-state index contributed by atoms with van der Waals surface area (Å²) in [6.07, 6.45) is 3.29. The molecule has 1 aromatic carbocycles. The predicted molar refractivity (Wildman–Crippen MR) is 93.0 cm³/mol. The van der Waals surface area contributed by atoms with Gasteiger partial charge in [-0.1, -0.05) is 12.1 Å². The van der Waals surface area contributed by atoms with Crippen LogP contribution in [0.2, 0.25) is 0 Å². The van der Waals surface area contributed by atoms with Gasteiger partial charge in [0.05, 0.1) is 30.7 Å². The van der Waals surface area contributed by atoms with Crippen molar-refractivity contribution in [3.05, 3.63) is 37.6 Å². The van der Waals surface area contributed by atoms with E-state index in [9.17, 15) is 4.79 Å². The highest BCUT2D eigenvalue weighted by Crippen LogP contribution is 2.30. The fourth-order valence-corrected chi connectivity index (χ4v) is 3.18. The van der Waals surface area contributed by atoms with E-state index in [-0.39, 0.29) is 0 Å². The highest BCUT2D eigenvalue weighted by Gasteiger charge is 2.07. The van der Waals surface area contributed by atoms with Crippen molar-refractivity contribution >= 4 is 41.7 Å². The van der Waals surface area contributed by atoms with Crippen LogP contribution in [0.4, 0.5) is 0 Å². The van der Waals surface area contributed by atoms with Gasteiger partial charge in [0.2, 0.25) is 0 Å². The molecular weight excluding hydrogens is 334 g/mol. The molecule has 2 aromatic rings. The molecule has 1 N–H and O–H groups in total. The van der Waals surface area contributed by atoms with Crippen molar-refractivity contribution in [2.45, 2.75) is 6.92 Å². The van der Waals surface area contributed by atoms with Crippen LogP contribution in [0, 0.1) is 3.95 Å². The van der Waals surface area contributed by atoms with Gasteiger partial charge in [-0.15, -0.1) is 11.3 Å². The first kappa shape index (κ1) is 17.2. The van der Waals surface area contributed by atoms with Crippen LogP contribution in [-0.4, -0.2) is 31.8 Å². The van der Waals surface area contributed by atoms with Crippen LogP contribution in [0.1, 0.15) is 12.5 Å². The van der Waals surface area contributed by atoms with Gasteiger partial charge in [0.25, 0.3) is 0 Å². The molecule has 0 atom stereocenters. The predicted octanol–water partition coefficient (Wildman–Crippen LogP) is 2.00. The standard InChI is InChI=1S/C16H17NO4S2/c1-4-21-14(18)9-11-13(23-16(22)17-11)8-10-6-5-7-12(19-2)15(10)20-3/h5-9H,4H2,1-3H3,(H,17,22)/b11-9-,13-8-. The van der Waals surface area contributed by atoms with E-state index in [4.69, 9.17) is 26.4 Å². The maximum absolute atomic E-state index is 11.7. The minimum atomic E-state index is -0.413. The van der Waals surface area contributed by atoms with Gasteiger partial charge in [0.1, 0.15) is 0 Å². The molecule has 0 unspecified atom stereocenters. The average Bonchev–Trinajstić information content (AvgIpc) is 2.86. The Kier molecular flexibility index (Phi) is 5.95. The van der Waals surface area contributed by atoms with Crippen LogP contribution in [0.5, 0.6) is 11.5 Å². The number of ether oxygens (including phenoxy) is 3. The molecule has 0 aliphatic rings. The first-order valence-electron chi connectivity index (χ1n) is 6.89. The SMILES string of the molecule is CCOC(=O)/C=c1\[nH]c(=S)s\c1=C/c1cccc(OC)c1OC. The number of aromatic amines is 1. The highest BCUT2D eigenvalue weighted by atomic mass is 32.1. The summed E-state index contributed by atoms with van der Waals surface area (Å²) in [5.41, 5.74) is 0.829. The van der Waals surface area contributed by atoms with E-state index in [2.05, 4.69) is 4.98 Å². The van der Waals surface area contributed by atoms with Crippen molar-refractivity contribution in [1.82, 2.24) is 4.98 Å². The number of aromatic nitrogens is 1. The summed E-state index contributed by atoms with van der Waals surface area (Å²) in [4.78, 5) is 14.7. The fourth-order valence-electron chi connectivity index (χ4n) is 2.04. The van der Waals surface area contributed by atoms with Gasteiger partial charge in [0.15, 0.2) is 15.5 Å². The number of thiazole rings is 1. The van der Waals surface area contributed by atoms with Gasteiger partial charge in [-0.05, 0) is 31.3 Å². The molecule has 0 saturated carbocycles. The van der Waals surface area contributed by atoms with E-state index in [1.807, 2.05) is 24.3 Å². The Hall–Kier alpha value is -2.12. The van der Waals surface area contributed by atoms with Crippen LogP contribution < -0.4 is 19.4 Å². The molecule has 7 heteroatoms. The van der Waals surface area contributed by atoms with Gasteiger partial charge >= 0.3 is 5.97 Å². The molecule has 0 radical (unpaired) electrons. The molecule has 0 bridgehead atoms. The number of hydrogen-bond donors (Lipinski definition) is 1. The molecule has 1 heterocycles. The van der Waals surface area contributed by atoms with Crippen molar-refractivity contribution in [3.63, 3.8) is 0 Å². The molecule has 122 valence electrons. The summed E-state index contributed by atoms with van der Waals surface area (Å²) in [7, 11) is 3.17. The summed E-state index contributed by atoms with van der Waals surface area (Å²) < 4.78 is 17.0. The van der Waals surface area contributed by atoms with Crippen LogP contribution in [-0.2, 0) is 9.53 Å². The lowest BCUT2D eigenvalue weighted by molar-refractivity contribution is -0.135. The summed E-state index contributed by atoms with van der Waals surface area (Å²) in [5.74, 6) is 0.844. The Bertz CT molecular complexity index is 867. The minimum Gasteiger partial charge on any atom is -0.493 e. The molecule has 0 saturated heterocycles. The van der Waals surface area contributed by atoms with Crippen molar-refractivity contribution in [3.8, 4) is 11.5 Å². The van der Waals surface area contributed by atoms with E-state index in [0.717, 1.165) is 10.1 Å². The van der Waals surface area contributed by atoms with Crippen molar-refractivity contribution in [1.29, 1.82) is 0 Å². The zero-order valence-electron chi connectivity index (χ0n) is 13.0. The molecule has 23 heavy (non-hydrogen) atoms. The van der Waals surface area contributed by atoms with Crippen molar-refractivity contribution in [2.75, 3.05) is 20.8 Å². The minimum absolute atomic E-state index is 0.322. The number of H-pyrrole nitrogens is 1. The lowest BCUT2D eigenvalue weighted by atomic mass is 10.1. The summed E-state index contributed by atoms with van der Waals surface area (Å²) in [6, 6.07) is 5.59. The first-order valence-corrected chi connectivity index (χ1v) is 8.11. The van der Waals surface area contributed by atoms with Crippen LogP contribution >= 0.6 is 23.6 Å². The Labute approximate surface area is 142 Å². The number of rotatable bonds is 5. The summed E-state index contributed by atoms with van der Waals surface area (Å²) in [6.45, 7) is 2.08. The molecule has 1 aromatic heterocycles. The van der Waals surface area contributed by atoms with Crippen molar-refractivity contribution in [2.24, 2.45) is 0 Å². The lowest BCUT2D eigenvalue weighted by Crippen LogP contribution is -2.23. The fraction of sp³-hybridized carbons (Fsp3) is 0.250. The Morgan fingerprint density at radius 1 is 1.35 bits per heavy atom. The molecule has 0 fully saturated rings. The second kappa shape index (κ2) is 7.94. The number of nitrogens with one attached hydrogen (secondary N) is 1.